The first-order valence-corrected chi connectivity index (χ1v) is 20.6. The van der Waals surface area contributed by atoms with Gasteiger partial charge in [0, 0.05) is 5.75 Å². The second kappa shape index (κ2) is 12.6. The van der Waals surface area contributed by atoms with E-state index in [1.807, 2.05) is 30.0 Å². The summed E-state index contributed by atoms with van der Waals surface area (Å²) in [5.41, 5.74) is 1.22. The van der Waals surface area contributed by atoms with Gasteiger partial charge >= 0.3 is 0 Å². The largest absolute Gasteiger partial charge is 0.413 e. The van der Waals surface area contributed by atoms with Crippen molar-refractivity contribution in [3.05, 3.63) is 48.0 Å². The molecule has 0 radical (unpaired) electrons. The third-order valence-electron chi connectivity index (χ3n) is 8.30. The van der Waals surface area contributed by atoms with Crippen LogP contribution in [-0.2, 0) is 20.1 Å². The van der Waals surface area contributed by atoms with Gasteiger partial charge in [-0.3, -0.25) is 9.69 Å². The molecule has 4 nitrogen and oxygen atoms in total. The highest BCUT2D eigenvalue weighted by atomic mass is 32.2. The standard InChI is InChI=1S/C29H49NO3S2Si2/c1-22(26(31)30-24(21-35-27(30)34)20-23-16-13-12-14-17-23)25(33-37(10,11)29(5,6)7)18-15-19-32-36(8,9)28(2,3)4/h12-18,22,24-25H,19-21H2,1-11H3/b18-15+/t22-,24-,25+/m0/s1. The average Bonchev–Trinajstić information content (AvgIpc) is 3.13. The summed E-state index contributed by atoms with van der Waals surface area (Å²) < 4.78 is 13.9. The summed E-state index contributed by atoms with van der Waals surface area (Å²) in [5, 5.41) is 0.187. The van der Waals surface area contributed by atoms with Crippen LogP contribution in [0.4, 0.5) is 0 Å². The summed E-state index contributed by atoms with van der Waals surface area (Å²) in [6.45, 7) is 25.0. The first-order chi connectivity index (χ1) is 16.9. The van der Waals surface area contributed by atoms with Crippen molar-refractivity contribution in [3.63, 3.8) is 0 Å². The Balaban J connectivity index is 2.26. The van der Waals surface area contributed by atoms with Crippen molar-refractivity contribution in [2.24, 2.45) is 5.92 Å². The predicted octanol–water partition coefficient (Wildman–Crippen LogP) is 8.06. The third-order valence-corrected chi connectivity index (χ3v) is 18.8. The summed E-state index contributed by atoms with van der Waals surface area (Å²) >= 11 is 7.27. The van der Waals surface area contributed by atoms with Gasteiger partial charge in [-0.25, -0.2) is 0 Å². The minimum atomic E-state index is -2.13. The van der Waals surface area contributed by atoms with Crippen molar-refractivity contribution in [1.82, 2.24) is 4.90 Å². The monoisotopic (exact) mass is 579 g/mol. The number of hydrogen-bond donors (Lipinski definition) is 0. The minimum Gasteiger partial charge on any atom is -0.413 e. The molecular formula is C29H49NO3S2Si2. The molecule has 1 aliphatic heterocycles. The number of thioether (sulfide) groups is 1. The maximum absolute atomic E-state index is 14.0. The highest BCUT2D eigenvalue weighted by Gasteiger charge is 2.43. The summed E-state index contributed by atoms with van der Waals surface area (Å²) in [7, 11) is -3.99. The highest BCUT2D eigenvalue weighted by Crippen LogP contribution is 2.39. The van der Waals surface area contributed by atoms with E-state index < -0.39 is 16.6 Å². The van der Waals surface area contributed by atoms with Crippen molar-refractivity contribution in [2.45, 2.75) is 103 Å². The molecule has 1 aliphatic rings. The summed E-state index contributed by atoms with van der Waals surface area (Å²) in [6, 6.07) is 10.4. The molecular weight excluding hydrogens is 531 g/mol. The van der Waals surface area contributed by atoms with Crippen LogP contribution >= 0.6 is 24.0 Å². The van der Waals surface area contributed by atoms with Crippen LogP contribution in [0.1, 0.15) is 54.0 Å². The SMILES string of the molecule is C[C@H](C(=O)N1C(=S)SC[C@@H]1Cc1ccccc1)[C@@H](/C=C/CO[Si](C)(C)C(C)(C)C)O[Si](C)(C)C(C)(C)C. The first-order valence-electron chi connectivity index (χ1n) is 13.4. The second-order valence-electron chi connectivity index (χ2n) is 13.3. The number of rotatable bonds is 10. The fourth-order valence-corrected chi connectivity index (χ4v) is 7.30. The van der Waals surface area contributed by atoms with Gasteiger partial charge in [0.15, 0.2) is 16.6 Å². The second-order valence-corrected chi connectivity index (χ2v) is 24.5. The number of carbonyl (C=O) groups excluding carboxylic acids is 1. The van der Waals surface area contributed by atoms with Crippen molar-refractivity contribution < 1.29 is 13.6 Å². The molecule has 1 heterocycles. The van der Waals surface area contributed by atoms with Crippen LogP contribution in [-0.4, -0.2) is 56.3 Å². The number of thiocarbonyl (C=S) groups is 1. The Morgan fingerprint density at radius 1 is 1.08 bits per heavy atom. The zero-order valence-corrected chi connectivity index (χ0v) is 28.5. The van der Waals surface area contributed by atoms with Gasteiger partial charge in [-0.1, -0.05) is 115 Å². The lowest BCUT2D eigenvalue weighted by Crippen LogP contribution is -2.50. The average molecular weight is 580 g/mol. The molecule has 0 bridgehead atoms. The Morgan fingerprint density at radius 2 is 1.65 bits per heavy atom. The maximum Gasteiger partial charge on any atom is 0.234 e. The van der Waals surface area contributed by atoms with Crippen LogP contribution in [0.5, 0.6) is 0 Å². The van der Waals surface area contributed by atoms with Crippen LogP contribution in [0.2, 0.25) is 36.3 Å². The van der Waals surface area contributed by atoms with Gasteiger partial charge in [0.1, 0.15) is 4.32 Å². The van der Waals surface area contributed by atoms with E-state index in [2.05, 4.69) is 92.0 Å². The van der Waals surface area contributed by atoms with E-state index in [-0.39, 0.29) is 34.0 Å². The van der Waals surface area contributed by atoms with E-state index in [4.69, 9.17) is 21.1 Å². The van der Waals surface area contributed by atoms with E-state index in [0.717, 1.165) is 12.2 Å². The molecule has 3 atom stereocenters. The summed E-state index contributed by atoms with van der Waals surface area (Å²) in [6.07, 6.45) is 4.59. The molecule has 0 saturated carbocycles. The topological polar surface area (TPSA) is 38.8 Å². The Kier molecular flexibility index (Phi) is 11.0. The van der Waals surface area contributed by atoms with Crippen molar-refractivity contribution in [1.29, 1.82) is 0 Å². The normalized spacial score (nSPS) is 19.5. The van der Waals surface area contributed by atoms with Crippen LogP contribution in [0.3, 0.4) is 0 Å². The van der Waals surface area contributed by atoms with Crippen molar-refractivity contribution >= 4 is 50.8 Å². The lowest BCUT2D eigenvalue weighted by atomic mass is 10.0. The number of benzene rings is 1. The highest BCUT2D eigenvalue weighted by molar-refractivity contribution is 8.23. The van der Waals surface area contributed by atoms with E-state index in [0.29, 0.717) is 10.9 Å². The Bertz CT molecular complexity index is 952. The van der Waals surface area contributed by atoms with Crippen molar-refractivity contribution in [2.75, 3.05) is 12.4 Å². The number of carbonyl (C=O) groups is 1. The van der Waals surface area contributed by atoms with E-state index in [1.165, 1.54) is 5.56 Å². The zero-order chi connectivity index (χ0) is 28.2. The van der Waals surface area contributed by atoms with Gasteiger partial charge in [0.25, 0.3) is 0 Å². The van der Waals surface area contributed by atoms with Crippen LogP contribution < -0.4 is 0 Å². The first kappa shape index (κ1) is 32.4. The molecule has 1 amide bonds. The lowest BCUT2D eigenvalue weighted by Gasteiger charge is -2.40. The summed E-state index contributed by atoms with van der Waals surface area (Å²) in [4.78, 5) is 15.8. The molecule has 1 aromatic carbocycles. The molecule has 1 saturated heterocycles. The van der Waals surface area contributed by atoms with Gasteiger partial charge in [-0.2, -0.15) is 0 Å². The minimum absolute atomic E-state index is 0.0359. The molecule has 1 aromatic rings. The predicted molar refractivity (Wildman–Crippen MR) is 169 cm³/mol. The molecule has 1 fully saturated rings. The Morgan fingerprint density at radius 3 is 2.19 bits per heavy atom. The maximum atomic E-state index is 14.0. The van der Waals surface area contributed by atoms with Gasteiger partial charge in [0.2, 0.25) is 5.91 Å². The molecule has 0 spiro atoms. The summed E-state index contributed by atoms with van der Waals surface area (Å²) in [5.74, 6) is 0.527. The number of hydrogen-bond acceptors (Lipinski definition) is 5. The van der Waals surface area contributed by atoms with Gasteiger partial charge in [0.05, 0.1) is 24.7 Å². The molecule has 0 unspecified atom stereocenters. The molecule has 2 rings (SSSR count). The van der Waals surface area contributed by atoms with Crippen LogP contribution in [0.25, 0.3) is 0 Å². The zero-order valence-electron chi connectivity index (χ0n) is 24.9. The molecule has 0 aliphatic carbocycles. The Labute approximate surface area is 238 Å². The quantitative estimate of drug-likeness (QED) is 0.159. The molecule has 0 aromatic heterocycles. The fraction of sp³-hybridized carbons (Fsp3) is 0.655. The molecule has 8 heteroatoms. The third kappa shape index (κ3) is 8.60. The van der Waals surface area contributed by atoms with Gasteiger partial charge < -0.3 is 8.85 Å². The van der Waals surface area contributed by atoms with Crippen LogP contribution in [0.15, 0.2) is 42.5 Å². The van der Waals surface area contributed by atoms with Crippen LogP contribution in [0, 0.1) is 5.92 Å². The Hall–Kier alpha value is -0.776. The number of nitrogens with zero attached hydrogens (tertiary/aromatic N) is 1. The van der Waals surface area contributed by atoms with Gasteiger partial charge in [-0.15, -0.1) is 0 Å². The fourth-order valence-electron chi connectivity index (χ4n) is 3.61. The van der Waals surface area contributed by atoms with E-state index >= 15 is 0 Å². The molecule has 0 N–H and O–H groups in total. The van der Waals surface area contributed by atoms with E-state index in [9.17, 15) is 4.79 Å². The van der Waals surface area contributed by atoms with E-state index in [1.54, 1.807) is 11.8 Å². The lowest BCUT2D eigenvalue weighted by molar-refractivity contribution is -0.134. The smallest absolute Gasteiger partial charge is 0.234 e. The van der Waals surface area contributed by atoms with Gasteiger partial charge in [-0.05, 0) is 48.2 Å². The molecule has 208 valence electrons. The molecule has 37 heavy (non-hydrogen) atoms. The number of amides is 1. The van der Waals surface area contributed by atoms with Crippen molar-refractivity contribution in [3.8, 4) is 0 Å².